The first-order chi connectivity index (χ1) is 14.6. The summed E-state index contributed by atoms with van der Waals surface area (Å²) in [5.41, 5.74) is 1.20. The van der Waals surface area contributed by atoms with Crippen LogP contribution in [0.4, 0.5) is 0 Å². The minimum absolute atomic E-state index is 0.0564. The van der Waals surface area contributed by atoms with E-state index >= 15 is 0 Å². The Morgan fingerprint density at radius 2 is 1.63 bits per heavy atom. The van der Waals surface area contributed by atoms with Crippen molar-refractivity contribution in [3.05, 3.63) is 76.9 Å². The van der Waals surface area contributed by atoms with Crippen molar-refractivity contribution in [1.82, 2.24) is 0 Å². The molecular formula is C24H20O6. The summed E-state index contributed by atoms with van der Waals surface area (Å²) in [5.74, 6) is 1.63. The molecular weight excluding hydrogens is 384 g/mol. The summed E-state index contributed by atoms with van der Waals surface area (Å²) in [6.45, 7) is 4.71. The van der Waals surface area contributed by atoms with Crippen LogP contribution in [-0.4, -0.2) is 24.3 Å². The van der Waals surface area contributed by atoms with Crippen molar-refractivity contribution in [3.63, 3.8) is 0 Å². The lowest BCUT2D eigenvalue weighted by atomic mass is 9.77. The number of benzene rings is 3. The number of phenols is 1. The Morgan fingerprint density at radius 1 is 0.900 bits per heavy atom. The minimum Gasteiger partial charge on any atom is -0.508 e. The van der Waals surface area contributed by atoms with E-state index in [9.17, 15) is 9.90 Å². The predicted molar refractivity (Wildman–Crippen MR) is 109 cm³/mol. The van der Waals surface area contributed by atoms with Crippen LogP contribution in [0.2, 0.25) is 0 Å². The third-order valence-corrected chi connectivity index (χ3v) is 5.36. The van der Waals surface area contributed by atoms with Crippen LogP contribution >= 0.6 is 0 Å². The summed E-state index contributed by atoms with van der Waals surface area (Å²) in [6.07, 6.45) is 0. The molecule has 152 valence electrons. The summed E-state index contributed by atoms with van der Waals surface area (Å²) in [4.78, 5) is 13.1. The molecule has 2 aliphatic rings. The quantitative estimate of drug-likeness (QED) is 0.632. The zero-order chi connectivity index (χ0) is 20.9. The zero-order valence-corrected chi connectivity index (χ0v) is 16.6. The normalized spacial score (nSPS) is 18.1. The van der Waals surface area contributed by atoms with Gasteiger partial charge in [-0.3, -0.25) is 0 Å². The molecule has 0 aromatic heterocycles. The summed E-state index contributed by atoms with van der Waals surface area (Å²) < 4.78 is 23.5. The van der Waals surface area contributed by atoms with Crippen molar-refractivity contribution in [2.45, 2.75) is 19.4 Å². The number of carbonyl (C=O) groups excluding carboxylic acids is 1. The Hall–Kier alpha value is -3.67. The second-order valence-corrected chi connectivity index (χ2v) is 7.06. The molecule has 2 heterocycles. The number of aromatic hydroxyl groups is 1. The van der Waals surface area contributed by atoms with Gasteiger partial charge < -0.3 is 24.1 Å². The van der Waals surface area contributed by atoms with Crippen LogP contribution in [-0.2, 0) is 10.3 Å². The van der Waals surface area contributed by atoms with E-state index in [1.807, 2.05) is 38.1 Å². The summed E-state index contributed by atoms with van der Waals surface area (Å²) in [7, 11) is 0. The Kier molecular flexibility index (Phi) is 4.10. The fraction of sp³-hybridized carbons (Fsp3) is 0.208. The van der Waals surface area contributed by atoms with Crippen LogP contribution in [0.5, 0.6) is 28.7 Å². The molecule has 6 nitrogen and oxygen atoms in total. The first kappa shape index (κ1) is 18.4. The Labute approximate surface area is 173 Å². The number of ether oxygens (including phenoxy) is 4. The number of phenolic OH excluding ortho intramolecular Hbond substituents is 1. The van der Waals surface area contributed by atoms with Gasteiger partial charge in [-0.25, -0.2) is 4.79 Å². The fourth-order valence-electron chi connectivity index (χ4n) is 4.24. The van der Waals surface area contributed by atoms with Gasteiger partial charge in [0.15, 0.2) is 5.60 Å². The van der Waals surface area contributed by atoms with Crippen LogP contribution < -0.4 is 14.2 Å². The molecule has 30 heavy (non-hydrogen) atoms. The smallest absolute Gasteiger partial charge is 0.343 e. The van der Waals surface area contributed by atoms with Gasteiger partial charge in [0.25, 0.3) is 0 Å². The van der Waals surface area contributed by atoms with Crippen LogP contribution in [0.25, 0.3) is 0 Å². The lowest BCUT2D eigenvalue weighted by molar-refractivity contribution is 0.0223. The fourth-order valence-corrected chi connectivity index (χ4v) is 4.24. The number of esters is 1. The van der Waals surface area contributed by atoms with Crippen molar-refractivity contribution in [3.8, 4) is 28.7 Å². The van der Waals surface area contributed by atoms with Gasteiger partial charge in [-0.15, -0.1) is 0 Å². The van der Waals surface area contributed by atoms with E-state index in [2.05, 4.69) is 0 Å². The van der Waals surface area contributed by atoms with Crippen molar-refractivity contribution < 1.29 is 28.8 Å². The molecule has 0 bridgehead atoms. The van der Waals surface area contributed by atoms with Gasteiger partial charge in [0.2, 0.25) is 0 Å². The Bertz CT molecular complexity index is 1170. The summed E-state index contributed by atoms with van der Waals surface area (Å²) >= 11 is 0. The molecule has 6 heteroatoms. The highest BCUT2D eigenvalue weighted by Crippen LogP contribution is 2.58. The maximum absolute atomic E-state index is 13.1. The Morgan fingerprint density at radius 3 is 2.40 bits per heavy atom. The van der Waals surface area contributed by atoms with Crippen LogP contribution in [0.3, 0.4) is 0 Å². The van der Waals surface area contributed by atoms with E-state index in [1.54, 1.807) is 24.3 Å². The third kappa shape index (κ3) is 2.46. The number of hydrogen-bond donors (Lipinski definition) is 1. The molecule has 3 aromatic rings. The lowest BCUT2D eigenvalue weighted by Gasteiger charge is -2.36. The second-order valence-electron chi connectivity index (χ2n) is 7.06. The van der Waals surface area contributed by atoms with E-state index < -0.39 is 11.6 Å². The van der Waals surface area contributed by atoms with Gasteiger partial charge >= 0.3 is 5.97 Å². The Balaban J connectivity index is 1.82. The topological polar surface area (TPSA) is 74.2 Å². The predicted octanol–water partition coefficient (Wildman–Crippen LogP) is 4.76. The maximum atomic E-state index is 13.1. The van der Waals surface area contributed by atoms with E-state index in [4.69, 9.17) is 18.9 Å². The molecule has 5 rings (SSSR count). The van der Waals surface area contributed by atoms with E-state index in [0.717, 1.165) is 0 Å². The third-order valence-electron chi connectivity index (χ3n) is 5.36. The number of fused-ring (bicyclic) bond motifs is 6. The van der Waals surface area contributed by atoms with E-state index in [0.29, 0.717) is 58.5 Å². The highest BCUT2D eigenvalue weighted by molar-refractivity contribution is 5.99. The average molecular weight is 404 g/mol. The van der Waals surface area contributed by atoms with Crippen molar-refractivity contribution in [1.29, 1.82) is 0 Å². The highest BCUT2D eigenvalue weighted by Gasteiger charge is 2.54. The van der Waals surface area contributed by atoms with Crippen LogP contribution in [0, 0.1) is 0 Å². The summed E-state index contributed by atoms with van der Waals surface area (Å²) in [5, 5.41) is 10.0. The van der Waals surface area contributed by atoms with Gasteiger partial charge in [0.05, 0.1) is 13.2 Å². The number of carbonyl (C=O) groups is 1. The van der Waals surface area contributed by atoms with Gasteiger partial charge in [0, 0.05) is 28.8 Å². The maximum Gasteiger partial charge on any atom is 0.343 e. The first-order valence-corrected chi connectivity index (χ1v) is 9.86. The van der Waals surface area contributed by atoms with E-state index in [-0.39, 0.29) is 5.75 Å². The van der Waals surface area contributed by atoms with Crippen LogP contribution in [0.15, 0.2) is 54.6 Å². The molecule has 0 amide bonds. The second kappa shape index (κ2) is 6.69. The molecule has 1 spiro atoms. The van der Waals surface area contributed by atoms with Gasteiger partial charge in [0.1, 0.15) is 34.3 Å². The average Bonchev–Trinajstić information content (AvgIpc) is 3.02. The first-order valence-electron chi connectivity index (χ1n) is 9.86. The van der Waals surface area contributed by atoms with E-state index in [1.165, 1.54) is 6.07 Å². The monoisotopic (exact) mass is 404 g/mol. The van der Waals surface area contributed by atoms with Gasteiger partial charge in [-0.05, 0) is 44.2 Å². The largest absolute Gasteiger partial charge is 0.508 e. The van der Waals surface area contributed by atoms with Crippen LogP contribution in [0.1, 0.15) is 40.9 Å². The SMILES string of the molecule is CCOc1ccc2c(c1)Oc1cc(O)ccc1C21OC(=O)c2c(OCC)cccc21. The number of hydrogen-bond acceptors (Lipinski definition) is 6. The molecule has 1 atom stereocenters. The summed E-state index contributed by atoms with van der Waals surface area (Å²) in [6, 6.07) is 15.7. The molecule has 2 aliphatic heterocycles. The number of rotatable bonds is 4. The van der Waals surface area contributed by atoms with Crippen molar-refractivity contribution in [2.24, 2.45) is 0 Å². The molecule has 1 N–H and O–H groups in total. The van der Waals surface area contributed by atoms with Crippen molar-refractivity contribution >= 4 is 5.97 Å². The van der Waals surface area contributed by atoms with Gasteiger partial charge in [-0.1, -0.05) is 12.1 Å². The van der Waals surface area contributed by atoms with Gasteiger partial charge in [-0.2, -0.15) is 0 Å². The highest BCUT2D eigenvalue weighted by atomic mass is 16.6. The standard InChI is InChI=1S/C24H20O6/c1-3-27-15-9-11-17-21(13-15)29-20-12-14(25)8-10-16(20)24(17)18-6-5-7-19(28-4-2)22(18)23(26)30-24/h5-13,25H,3-4H2,1-2H3. The molecule has 0 fully saturated rings. The molecule has 0 saturated carbocycles. The minimum atomic E-state index is -1.21. The molecule has 0 radical (unpaired) electrons. The zero-order valence-electron chi connectivity index (χ0n) is 16.6. The lowest BCUT2D eigenvalue weighted by Crippen LogP contribution is -2.32. The van der Waals surface area contributed by atoms with Crippen molar-refractivity contribution in [2.75, 3.05) is 13.2 Å². The molecule has 1 unspecified atom stereocenters. The molecule has 3 aromatic carbocycles. The molecule has 0 saturated heterocycles. The molecule has 0 aliphatic carbocycles.